The largest absolute Gasteiger partial charge is 0.353 e. The summed E-state index contributed by atoms with van der Waals surface area (Å²) in [5.74, 6) is 1.35. The summed E-state index contributed by atoms with van der Waals surface area (Å²) in [5, 5.41) is 0. The first-order chi connectivity index (χ1) is 14.7. The van der Waals surface area contributed by atoms with Gasteiger partial charge in [-0.15, -0.1) is 0 Å². The van der Waals surface area contributed by atoms with Crippen molar-refractivity contribution in [3.8, 4) is 11.3 Å². The van der Waals surface area contributed by atoms with Crippen molar-refractivity contribution in [2.24, 2.45) is 5.92 Å². The van der Waals surface area contributed by atoms with E-state index in [9.17, 15) is 4.79 Å². The summed E-state index contributed by atoms with van der Waals surface area (Å²) in [5.41, 5.74) is 3.79. The molecule has 1 saturated heterocycles. The van der Waals surface area contributed by atoms with Crippen LogP contribution < -0.4 is 4.90 Å². The van der Waals surface area contributed by atoms with E-state index in [0.717, 1.165) is 73.6 Å². The molecule has 0 unspecified atom stereocenters. The van der Waals surface area contributed by atoms with Crippen molar-refractivity contribution in [1.82, 2.24) is 14.9 Å². The molecule has 2 heterocycles. The van der Waals surface area contributed by atoms with E-state index in [0.29, 0.717) is 5.91 Å². The molecule has 30 heavy (non-hydrogen) atoms. The van der Waals surface area contributed by atoms with E-state index in [2.05, 4.69) is 30.9 Å². The minimum atomic E-state index is 0.136. The molecule has 0 radical (unpaired) electrons. The van der Waals surface area contributed by atoms with Crippen molar-refractivity contribution in [3.05, 3.63) is 54.6 Å². The van der Waals surface area contributed by atoms with Crippen molar-refractivity contribution >= 4 is 22.8 Å². The maximum Gasteiger partial charge on any atom is 0.225 e. The zero-order valence-electron chi connectivity index (χ0n) is 17.9. The number of nitrogens with zero attached hydrogens (tertiary/aromatic N) is 4. The smallest absolute Gasteiger partial charge is 0.225 e. The van der Waals surface area contributed by atoms with Gasteiger partial charge in [-0.05, 0) is 31.4 Å². The summed E-state index contributed by atoms with van der Waals surface area (Å²) in [6.45, 7) is 7.41. The van der Waals surface area contributed by atoms with Gasteiger partial charge in [0.15, 0.2) is 5.82 Å². The quantitative estimate of drug-likeness (QED) is 0.617. The maximum atomic E-state index is 12.9. The Morgan fingerprint density at radius 2 is 1.53 bits per heavy atom. The lowest BCUT2D eigenvalue weighted by molar-refractivity contribution is -0.135. The van der Waals surface area contributed by atoms with Crippen molar-refractivity contribution < 1.29 is 4.79 Å². The summed E-state index contributed by atoms with van der Waals surface area (Å²) in [4.78, 5) is 27.2. The van der Waals surface area contributed by atoms with E-state index in [1.165, 1.54) is 0 Å². The van der Waals surface area contributed by atoms with Gasteiger partial charge in [-0.1, -0.05) is 56.3 Å². The van der Waals surface area contributed by atoms with Gasteiger partial charge in [0.1, 0.15) is 5.69 Å². The number of anilines is 1. The molecule has 1 aliphatic heterocycles. The van der Waals surface area contributed by atoms with Gasteiger partial charge < -0.3 is 9.80 Å². The summed E-state index contributed by atoms with van der Waals surface area (Å²) < 4.78 is 0. The second-order valence-electron chi connectivity index (χ2n) is 7.93. The van der Waals surface area contributed by atoms with Crippen LogP contribution >= 0.6 is 0 Å². The molecule has 0 N–H and O–H groups in total. The average Bonchev–Trinajstić information content (AvgIpc) is 3.06. The van der Waals surface area contributed by atoms with E-state index >= 15 is 0 Å². The van der Waals surface area contributed by atoms with Gasteiger partial charge in [0, 0.05) is 37.7 Å². The van der Waals surface area contributed by atoms with Crippen LogP contribution in [0.15, 0.2) is 54.6 Å². The highest BCUT2D eigenvalue weighted by atomic mass is 16.2. The lowest BCUT2D eigenvalue weighted by Crippen LogP contribution is -2.39. The van der Waals surface area contributed by atoms with Gasteiger partial charge in [0.2, 0.25) is 5.91 Å². The van der Waals surface area contributed by atoms with Crippen LogP contribution in [-0.4, -0.2) is 47.0 Å². The molecule has 0 atom stereocenters. The second kappa shape index (κ2) is 9.24. The standard InChI is InChI=1S/C25H30N4O/c1-3-19(4-2)25(30)29-16-10-15-28(17-18-29)24-23(20-11-6-5-7-12-20)26-21-13-8-9-14-22(21)27-24/h5-9,11-14,19H,3-4,10,15-18H2,1-2H3. The molecule has 5 nitrogen and oxygen atoms in total. The third kappa shape index (κ3) is 4.16. The first-order valence-corrected chi connectivity index (χ1v) is 11.1. The summed E-state index contributed by atoms with van der Waals surface area (Å²) in [6.07, 6.45) is 2.75. The van der Waals surface area contributed by atoms with Gasteiger partial charge in [-0.25, -0.2) is 9.97 Å². The van der Waals surface area contributed by atoms with Gasteiger partial charge in [-0.3, -0.25) is 4.79 Å². The monoisotopic (exact) mass is 402 g/mol. The van der Waals surface area contributed by atoms with Crippen LogP contribution in [-0.2, 0) is 4.79 Å². The van der Waals surface area contributed by atoms with Crippen LogP contribution in [0.1, 0.15) is 33.1 Å². The number of carbonyl (C=O) groups is 1. The van der Waals surface area contributed by atoms with Gasteiger partial charge in [0.05, 0.1) is 11.0 Å². The van der Waals surface area contributed by atoms with Crippen LogP contribution in [0.3, 0.4) is 0 Å². The predicted octanol–water partition coefficient (Wildman–Crippen LogP) is 4.77. The van der Waals surface area contributed by atoms with Gasteiger partial charge in [0.25, 0.3) is 0 Å². The number of rotatable bonds is 5. The Bertz CT molecular complexity index is 1000. The van der Waals surface area contributed by atoms with Crippen molar-refractivity contribution in [3.63, 3.8) is 0 Å². The molecule has 4 rings (SSSR count). The fraction of sp³-hybridized carbons (Fsp3) is 0.400. The Hall–Kier alpha value is -2.95. The molecule has 2 aromatic carbocycles. The summed E-state index contributed by atoms with van der Waals surface area (Å²) >= 11 is 0. The number of fused-ring (bicyclic) bond motifs is 1. The number of hydrogen-bond acceptors (Lipinski definition) is 4. The topological polar surface area (TPSA) is 49.3 Å². The Morgan fingerprint density at radius 1 is 0.867 bits per heavy atom. The number of para-hydroxylation sites is 2. The molecule has 1 aliphatic rings. The second-order valence-corrected chi connectivity index (χ2v) is 7.93. The minimum absolute atomic E-state index is 0.136. The third-order valence-corrected chi connectivity index (χ3v) is 6.04. The molecule has 0 spiro atoms. The van der Waals surface area contributed by atoms with Crippen LogP contribution in [0.4, 0.5) is 5.82 Å². The normalized spacial score (nSPS) is 14.9. The molecular weight excluding hydrogens is 372 g/mol. The Morgan fingerprint density at radius 3 is 2.23 bits per heavy atom. The predicted molar refractivity (Wildman–Crippen MR) is 122 cm³/mol. The van der Waals surface area contributed by atoms with E-state index in [1.54, 1.807) is 0 Å². The van der Waals surface area contributed by atoms with Crippen molar-refractivity contribution in [1.29, 1.82) is 0 Å². The molecule has 0 bridgehead atoms. The number of benzene rings is 2. The molecule has 5 heteroatoms. The lowest BCUT2D eigenvalue weighted by Gasteiger charge is -2.26. The van der Waals surface area contributed by atoms with E-state index in [1.807, 2.05) is 47.4 Å². The SMILES string of the molecule is CCC(CC)C(=O)N1CCCN(c2nc3ccccc3nc2-c2ccccc2)CC1. The van der Waals surface area contributed by atoms with E-state index < -0.39 is 0 Å². The molecule has 156 valence electrons. The van der Waals surface area contributed by atoms with Gasteiger partial charge >= 0.3 is 0 Å². The van der Waals surface area contributed by atoms with Crippen molar-refractivity contribution in [2.75, 3.05) is 31.1 Å². The van der Waals surface area contributed by atoms with Crippen LogP contribution in [0.2, 0.25) is 0 Å². The zero-order chi connectivity index (χ0) is 20.9. The number of hydrogen-bond donors (Lipinski definition) is 0. The minimum Gasteiger partial charge on any atom is -0.353 e. The van der Waals surface area contributed by atoms with Crippen molar-refractivity contribution in [2.45, 2.75) is 33.1 Å². The Labute approximate surface area is 178 Å². The highest BCUT2D eigenvalue weighted by molar-refractivity contribution is 5.83. The first kappa shape index (κ1) is 20.3. The lowest BCUT2D eigenvalue weighted by atomic mass is 10.0. The van der Waals surface area contributed by atoms with E-state index in [4.69, 9.17) is 9.97 Å². The molecule has 0 saturated carbocycles. The van der Waals surface area contributed by atoms with E-state index in [-0.39, 0.29) is 5.92 Å². The first-order valence-electron chi connectivity index (χ1n) is 11.1. The van der Waals surface area contributed by atoms with Crippen LogP contribution in [0, 0.1) is 5.92 Å². The third-order valence-electron chi connectivity index (χ3n) is 6.04. The average molecular weight is 403 g/mol. The summed E-state index contributed by atoms with van der Waals surface area (Å²) in [7, 11) is 0. The zero-order valence-corrected chi connectivity index (χ0v) is 17.9. The highest BCUT2D eigenvalue weighted by Crippen LogP contribution is 2.30. The number of amides is 1. The Kier molecular flexibility index (Phi) is 6.26. The highest BCUT2D eigenvalue weighted by Gasteiger charge is 2.26. The van der Waals surface area contributed by atoms with Crippen LogP contribution in [0.25, 0.3) is 22.3 Å². The van der Waals surface area contributed by atoms with Gasteiger partial charge in [-0.2, -0.15) is 0 Å². The number of aromatic nitrogens is 2. The maximum absolute atomic E-state index is 12.9. The van der Waals surface area contributed by atoms with Crippen LogP contribution in [0.5, 0.6) is 0 Å². The molecule has 1 amide bonds. The molecule has 1 aromatic heterocycles. The Balaban J connectivity index is 1.66. The molecular formula is C25H30N4O. The molecule has 0 aliphatic carbocycles. The summed E-state index contributed by atoms with van der Waals surface area (Å²) in [6, 6.07) is 18.3. The number of carbonyl (C=O) groups excluding carboxylic acids is 1. The molecule has 1 fully saturated rings. The fourth-order valence-electron chi connectivity index (χ4n) is 4.25. The molecule has 3 aromatic rings. The fourth-order valence-corrected chi connectivity index (χ4v) is 4.25.